The summed E-state index contributed by atoms with van der Waals surface area (Å²) in [6.45, 7) is 6.80. The number of hydrogen-bond acceptors (Lipinski definition) is 4. The molecule has 0 unspecified atom stereocenters. The fraction of sp³-hybridized carbons (Fsp3) is 0.517. The highest BCUT2D eigenvalue weighted by Gasteiger charge is 2.34. The number of carbonyl (C=O) groups is 2. The van der Waals surface area contributed by atoms with Crippen LogP contribution >= 0.6 is 0 Å². The lowest BCUT2D eigenvalue weighted by Crippen LogP contribution is -2.45. The second-order valence-electron chi connectivity index (χ2n) is 10.6. The molecule has 1 N–H and O–H groups in total. The Morgan fingerprint density at radius 2 is 1.72 bits per heavy atom. The van der Waals surface area contributed by atoms with Gasteiger partial charge in [0.05, 0.1) is 6.61 Å². The number of amides is 2. The number of rotatable bonds is 8. The summed E-state index contributed by atoms with van der Waals surface area (Å²) >= 11 is 0. The van der Waals surface area contributed by atoms with Crippen LogP contribution in [0.3, 0.4) is 0 Å². The highest BCUT2D eigenvalue weighted by Crippen LogP contribution is 2.30. The minimum absolute atomic E-state index is 0.112. The van der Waals surface area contributed by atoms with Gasteiger partial charge in [-0.25, -0.2) is 4.39 Å². The van der Waals surface area contributed by atoms with Crippen molar-refractivity contribution in [2.24, 2.45) is 5.92 Å². The van der Waals surface area contributed by atoms with Gasteiger partial charge in [0, 0.05) is 25.7 Å². The van der Waals surface area contributed by atoms with Crippen molar-refractivity contribution in [3.05, 3.63) is 54.1 Å². The normalized spacial score (nSPS) is 19.3. The molecule has 7 heteroatoms. The van der Waals surface area contributed by atoms with E-state index >= 15 is 0 Å². The Morgan fingerprint density at radius 1 is 1.03 bits per heavy atom. The van der Waals surface area contributed by atoms with Gasteiger partial charge in [-0.1, -0.05) is 30.3 Å². The molecule has 0 saturated carbocycles. The zero-order chi connectivity index (χ0) is 25.7. The molecule has 2 heterocycles. The van der Waals surface area contributed by atoms with Gasteiger partial charge in [0.25, 0.3) is 5.91 Å². The first-order valence-corrected chi connectivity index (χ1v) is 13.0. The fourth-order valence-corrected chi connectivity index (χ4v) is 5.31. The SMILES string of the molecule is CNC(=O)[C@H]1CCCN1C(=O)c1ccccc1-c1ccc(OCC2CCN(CC(C)(C)F)CC2)cc1. The van der Waals surface area contributed by atoms with E-state index in [1.165, 1.54) is 0 Å². The number of ether oxygens (including phenoxy) is 1. The minimum atomic E-state index is -1.16. The summed E-state index contributed by atoms with van der Waals surface area (Å²) in [5.41, 5.74) is 1.23. The lowest BCUT2D eigenvalue weighted by Gasteiger charge is -2.34. The van der Waals surface area contributed by atoms with Gasteiger partial charge in [0.2, 0.25) is 5.91 Å². The maximum atomic E-state index is 13.9. The van der Waals surface area contributed by atoms with Gasteiger partial charge in [-0.15, -0.1) is 0 Å². The van der Waals surface area contributed by atoms with Gasteiger partial charge < -0.3 is 19.9 Å². The van der Waals surface area contributed by atoms with Gasteiger partial charge in [0.15, 0.2) is 0 Å². The Balaban J connectivity index is 1.37. The molecule has 2 aromatic rings. The van der Waals surface area contributed by atoms with Crippen LogP contribution in [0.25, 0.3) is 11.1 Å². The molecule has 2 aliphatic heterocycles. The smallest absolute Gasteiger partial charge is 0.255 e. The monoisotopic (exact) mass is 495 g/mol. The van der Waals surface area contributed by atoms with E-state index in [0.717, 1.165) is 49.2 Å². The highest BCUT2D eigenvalue weighted by atomic mass is 19.1. The number of hydrogen-bond donors (Lipinski definition) is 1. The van der Waals surface area contributed by atoms with Gasteiger partial charge in [-0.2, -0.15) is 0 Å². The maximum absolute atomic E-state index is 13.9. The lowest BCUT2D eigenvalue weighted by molar-refractivity contribution is -0.124. The van der Waals surface area contributed by atoms with Gasteiger partial charge in [-0.3, -0.25) is 9.59 Å². The van der Waals surface area contributed by atoms with Crippen molar-refractivity contribution in [2.45, 2.75) is 51.2 Å². The molecule has 36 heavy (non-hydrogen) atoms. The number of piperidine rings is 1. The molecule has 0 bridgehead atoms. The van der Waals surface area contributed by atoms with Gasteiger partial charge >= 0.3 is 0 Å². The maximum Gasteiger partial charge on any atom is 0.255 e. The number of benzene rings is 2. The summed E-state index contributed by atoms with van der Waals surface area (Å²) in [5, 5.41) is 2.68. The van der Waals surface area contributed by atoms with Crippen LogP contribution in [0, 0.1) is 5.92 Å². The summed E-state index contributed by atoms with van der Waals surface area (Å²) in [6.07, 6.45) is 3.53. The van der Waals surface area contributed by atoms with Crippen molar-refractivity contribution in [3.8, 4) is 16.9 Å². The summed E-state index contributed by atoms with van der Waals surface area (Å²) in [5.74, 6) is 1.04. The van der Waals surface area contributed by atoms with Crippen molar-refractivity contribution in [3.63, 3.8) is 0 Å². The van der Waals surface area contributed by atoms with Crippen LogP contribution in [0.2, 0.25) is 0 Å². The number of alkyl halides is 1. The van der Waals surface area contributed by atoms with E-state index in [2.05, 4.69) is 10.2 Å². The molecule has 0 spiro atoms. The molecule has 2 amide bonds. The van der Waals surface area contributed by atoms with Crippen molar-refractivity contribution >= 4 is 11.8 Å². The summed E-state index contributed by atoms with van der Waals surface area (Å²) in [6, 6.07) is 15.0. The summed E-state index contributed by atoms with van der Waals surface area (Å²) < 4.78 is 20.0. The number of nitrogens with one attached hydrogen (secondary N) is 1. The molecule has 2 saturated heterocycles. The highest BCUT2D eigenvalue weighted by molar-refractivity contribution is 6.03. The topological polar surface area (TPSA) is 61.9 Å². The first-order valence-electron chi connectivity index (χ1n) is 13.0. The molecule has 2 aromatic carbocycles. The van der Waals surface area contributed by atoms with E-state index < -0.39 is 11.7 Å². The molecule has 2 aliphatic rings. The van der Waals surface area contributed by atoms with Crippen LogP contribution in [-0.2, 0) is 4.79 Å². The van der Waals surface area contributed by atoms with Crippen LogP contribution in [-0.4, -0.2) is 73.2 Å². The van der Waals surface area contributed by atoms with Gasteiger partial charge in [0.1, 0.15) is 17.5 Å². The Labute approximate surface area is 213 Å². The average Bonchev–Trinajstić information content (AvgIpc) is 3.37. The first-order chi connectivity index (χ1) is 17.2. The van der Waals surface area contributed by atoms with E-state index in [1.54, 1.807) is 25.8 Å². The van der Waals surface area contributed by atoms with Crippen LogP contribution in [0.5, 0.6) is 5.75 Å². The van der Waals surface area contributed by atoms with Crippen molar-refractivity contribution < 1.29 is 18.7 Å². The molecule has 4 rings (SSSR count). The Bertz CT molecular complexity index is 1040. The van der Waals surface area contributed by atoms with E-state index in [0.29, 0.717) is 37.6 Å². The second-order valence-corrected chi connectivity index (χ2v) is 10.6. The van der Waals surface area contributed by atoms with Crippen molar-refractivity contribution in [1.82, 2.24) is 15.1 Å². The third-order valence-electron chi connectivity index (χ3n) is 7.18. The third-order valence-corrected chi connectivity index (χ3v) is 7.18. The lowest BCUT2D eigenvalue weighted by atomic mass is 9.96. The van der Waals surface area contributed by atoms with E-state index in [-0.39, 0.29) is 11.8 Å². The number of halogens is 1. The van der Waals surface area contributed by atoms with Crippen molar-refractivity contribution in [2.75, 3.05) is 39.8 Å². The molecule has 0 aromatic heterocycles. The average molecular weight is 496 g/mol. The quantitative estimate of drug-likeness (QED) is 0.584. The van der Waals surface area contributed by atoms with Crippen LogP contribution < -0.4 is 10.1 Å². The fourth-order valence-electron chi connectivity index (χ4n) is 5.31. The second kappa shape index (κ2) is 11.4. The molecule has 2 fully saturated rings. The summed E-state index contributed by atoms with van der Waals surface area (Å²) in [4.78, 5) is 29.6. The summed E-state index contributed by atoms with van der Waals surface area (Å²) in [7, 11) is 1.61. The molecular weight excluding hydrogens is 457 g/mol. The number of likely N-dealkylation sites (tertiary alicyclic amines) is 2. The molecular formula is C29H38FN3O3. The first kappa shape index (κ1) is 26.1. The van der Waals surface area contributed by atoms with Crippen LogP contribution in [0.4, 0.5) is 4.39 Å². The van der Waals surface area contributed by atoms with E-state index in [9.17, 15) is 14.0 Å². The molecule has 194 valence electrons. The van der Waals surface area contributed by atoms with Crippen LogP contribution in [0.15, 0.2) is 48.5 Å². The standard InChI is InChI=1S/C29H38FN3O3/c1-29(2,30)20-32-17-14-21(15-18-32)19-36-23-12-10-22(11-13-23)24-7-4-5-8-25(24)28(35)33-16-6-9-26(33)27(34)31-3/h4-5,7-8,10-13,21,26H,6,9,14-20H2,1-3H3,(H,31,34)/t26-/m1/s1. The zero-order valence-corrected chi connectivity index (χ0v) is 21.6. The molecule has 1 atom stereocenters. The van der Waals surface area contributed by atoms with Crippen molar-refractivity contribution in [1.29, 1.82) is 0 Å². The zero-order valence-electron chi connectivity index (χ0n) is 21.6. The molecule has 6 nitrogen and oxygen atoms in total. The number of carbonyl (C=O) groups excluding carboxylic acids is 2. The Hall–Kier alpha value is -2.93. The molecule has 0 radical (unpaired) electrons. The van der Waals surface area contributed by atoms with Crippen LogP contribution in [0.1, 0.15) is 49.9 Å². The molecule has 0 aliphatic carbocycles. The predicted octanol–water partition coefficient (Wildman–Crippen LogP) is 4.54. The number of nitrogens with zero attached hydrogens (tertiary/aromatic N) is 2. The predicted molar refractivity (Wildman–Crippen MR) is 140 cm³/mol. The number of likely N-dealkylation sites (N-methyl/N-ethyl adjacent to an activating group) is 1. The third kappa shape index (κ3) is 6.44. The van der Waals surface area contributed by atoms with E-state index in [1.807, 2.05) is 48.5 Å². The Morgan fingerprint density at radius 3 is 2.39 bits per heavy atom. The van der Waals surface area contributed by atoms with Gasteiger partial charge in [-0.05, 0) is 87.9 Å². The largest absolute Gasteiger partial charge is 0.493 e. The van der Waals surface area contributed by atoms with E-state index in [4.69, 9.17) is 4.74 Å². The minimum Gasteiger partial charge on any atom is -0.493 e. The Kier molecular flexibility index (Phi) is 8.29.